The van der Waals surface area contributed by atoms with E-state index < -0.39 is 23.4 Å². The first-order chi connectivity index (χ1) is 16.7. The van der Waals surface area contributed by atoms with Crippen LogP contribution in [0.25, 0.3) is 22.6 Å². The lowest BCUT2D eigenvalue weighted by molar-refractivity contribution is -0.143. The quantitative estimate of drug-likeness (QED) is 0.410. The van der Waals surface area contributed by atoms with Crippen LogP contribution >= 0.6 is 0 Å². The number of nitrogens with zero attached hydrogens (tertiary/aromatic N) is 5. The molecule has 12 heteroatoms. The number of esters is 1. The van der Waals surface area contributed by atoms with Gasteiger partial charge in [-0.25, -0.2) is 14.2 Å². The summed E-state index contributed by atoms with van der Waals surface area (Å²) < 4.78 is 48.0. The molecule has 0 aliphatic carbocycles. The number of carbonyl (C=O) groups is 2. The molecule has 0 bridgehead atoms. The van der Waals surface area contributed by atoms with Gasteiger partial charge in [-0.3, -0.25) is 4.79 Å². The van der Waals surface area contributed by atoms with Crippen LogP contribution in [-0.2, 0) is 15.7 Å². The summed E-state index contributed by atoms with van der Waals surface area (Å²) in [6.07, 6.45) is -2.34. The number of rotatable bonds is 6. The molecule has 0 aliphatic heterocycles. The van der Waals surface area contributed by atoms with Crippen LogP contribution in [0.4, 0.5) is 18.9 Å². The number of aromatic nitrogens is 5. The molecule has 0 spiro atoms. The Labute approximate surface area is 197 Å². The lowest BCUT2D eigenvalue weighted by Crippen LogP contribution is -2.18. The van der Waals surface area contributed by atoms with E-state index in [1.807, 2.05) is 0 Å². The van der Waals surface area contributed by atoms with Gasteiger partial charge in [-0.05, 0) is 43.3 Å². The highest BCUT2D eigenvalue weighted by atomic mass is 19.4. The topological polar surface area (TPSA) is 104 Å². The summed E-state index contributed by atoms with van der Waals surface area (Å²) in [4.78, 5) is 23.3. The number of ether oxygens (including phenoxy) is 1. The lowest BCUT2D eigenvalue weighted by atomic mass is 10.1. The molecule has 2 heterocycles. The summed E-state index contributed by atoms with van der Waals surface area (Å²) in [5.74, 6) is -1.30. The number of amides is 1. The maximum atomic E-state index is 13.7. The van der Waals surface area contributed by atoms with E-state index in [9.17, 15) is 22.8 Å². The SMILES string of the molecule is CCOC(=O)c1cnn(-c2ccc(-n3cc(-c4cccc(NC(C)=O)c4)nn3)cc2)c1C(F)(F)F. The zero-order valence-corrected chi connectivity index (χ0v) is 18.6. The number of hydrogen-bond acceptors (Lipinski definition) is 6. The zero-order valence-electron chi connectivity index (χ0n) is 18.6. The number of benzene rings is 2. The highest BCUT2D eigenvalue weighted by Crippen LogP contribution is 2.34. The summed E-state index contributed by atoms with van der Waals surface area (Å²) in [5.41, 5.74) is 0.619. The van der Waals surface area contributed by atoms with Crippen molar-refractivity contribution in [3.05, 3.63) is 72.2 Å². The van der Waals surface area contributed by atoms with Crippen LogP contribution in [-0.4, -0.2) is 43.3 Å². The Kier molecular flexibility index (Phi) is 6.36. The van der Waals surface area contributed by atoms with Crippen LogP contribution in [0.15, 0.2) is 60.9 Å². The van der Waals surface area contributed by atoms with E-state index in [0.29, 0.717) is 21.8 Å². The third-order valence-electron chi connectivity index (χ3n) is 4.86. The normalized spacial score (nSPS) is 11.3. The lowest BCUT2D eigenvalue weighted by Gasteiger charge is -2.12. The van der Waals surface area contributed by atoms with Crippen molar-refractivity contribution in [2.45, 2.75) is 20.0 Å². The molecule has 0 aliphatic rings. The second-order valence-electron chi connectivity index (χ2n) is 7.36. The monoisotopic (exact) mass is 484 g/mol. The van der Waals surface area contributed by atoms with Gasteiger partial charge >= 0.3 is 12.1 Å². The number of halogens is 3. The number of nitrogens with one attached hydrogen (secondary N) is 1. The maximum absolute atomic E-state index is 13.7. The van der Waals surface area contributed by atoms with Gasteiger partial charge < -0.3 is 10.1 Å². The minimum atomic E-state index is -4.83. The molecule has 9 nitrogen and oxygen atoms in total. The molecule has 1 N–H and O–H groups in total. The Morgan fingerprint density at radius 3 is 2.46 bits per heavy atom. The first-order valence-corrected chi connectivity index (χ1v) is 10.4. The van der Waals surface area contributed by atoms with Gasteiger partial charge in [-0.1, -0.05) is 17.3 Å². The molecule has 2 aromatic heterocycles. The standard InChI is InChI=1S/C23H19F3N6O3/c1-3-35-22(34)19-12-27-32(21(19)23(24,25)26)18-9-7-17(8-10-18)31-13-20(29-30-31)15-5-4-6-16(11-15)28-14(2)33/h4-13H,3H2,1-2H3,(H,28,33). The summed E-state index contributed by atoms with van der Waals surface area (Å²) >= 11 is 0. The van der Waals surface area contributed by atoms with Gasteiger partial charge in [-0.2, -0.15) is 18.3 Å². The molecular weight excluding hydrogens is 465 g/mol. The second kappa shape index (κ2) is 9.41. The van der Waals surface area contributed by atoms with E-state index in [4.69, 9.17) is 4.74 Å². The Balaban J connectivity index is 1.62. The molecule has 180 valence electrons. The fourth-order valence-corrected chi connectivity index (χ4v) is 3.40. The van der Waals surface area contributed by atoms with Gasteiger partial charge in [0.05, 0.1) is 30.4 Å². The molecule has 0 saturated carbocycles. The fourth-order valence-electron chi connectivity index (χ4n) is 3.40. The Morgan fingerprint density at radius 2 is 1.80 bits per heavy atom. The summed E-state index contributed by atoms with van der Waals surface area (Å²) in [7, 11) is 0. The van der Waals surface area contributed by atoms with E-state index in [1.165, 1.54) is 30.7 Å². The molecule has 0 radical (unpaired) electrons. The van der Waals surface area contributed by atoms with E-state index in [0.717, 1.165) is 11.8 Å². The van der Waals surface area contributed by atoms with Crippen LogP contribution in [0.3, 0.4) is 0 Å². The van der Waals surface area contributed by atoms with Crippen LogP contribution in [0.2, 0.25) is 0 Å². The minimum absolute atomic E-state index is 0.0621. The second-order valence-corrected chi connectivity index (χ2v) is 7.36. The van der Waals surface area contributed by atoms with Crippen molar-refractivity contribution in [3.8, 4) is 22.6 Å². The molecule has 0 unspecified atom stereocenters. The summed E-state index contributed by atoms with van der Waals surface area (Å²) in [5, 5.41) is 14.7. The average Bonchev–Trinajstić information content (AvgIpc) is 3.47. The molecule has 1 amide bonds. The van der Waals surface area contributed by atoms with Crippen molar-refractivity contribution >= 4 is 17.6 Å². The van der Waals surface area contributed by atoms with Gasteiger partial charge in [-0.15, -0.1) is 5.10 Å². The highest BCUT2D eigenvalue weighted by Gasteiger charge is 2.41. The molecular formula is C23H19F3N6O3. The molecule has 4 rings (SSSR count). The Hall–Kier alpha value is -4.48. The molecule has 0 fully saturated rings. The third-order valence-corrected chi connectivity index (χ3v) is 4.86. The minimum Gasteiger partial charge on any atom is -0.462 e. The van der Waals surface area contributed by atoms with Crippen LogP contribution in [0.5, 0.6) is 0 Å². The first-order valence-electron chi connectivity index (χ1n) is 10.4. The van der Waals surface area contributed by atoms with Crippen molar-refractivity contribution in [3.63, 3.8) is 0 Å². The summed E-state index contributed by atoms with van der Waals surface area (Å²) in [6.45, 7) is 2.85. The summed E-state index contributed by atoms with van der Waals surface area (Å²) in [6, 6.07) is 13.0. The predicted molar refractivity (Wildman–Crippen MR) is 119 cm³/mol. The Bertz CT molecular complexity index is 1380. The maximum Gasteiger partial charge on any atom is 0.434 e. The highest BCUT2D eigenvalue weighted by molar-refractivity contribution is 5.91. The molecule has 0 atom stereocenters. The van der Waals surface area contributed by atoms with Crippen LogP contribution in [0.1, 0.15) is 29.9 Å². The fraction of sp³-hybridized carbons (Fsp3) is 0.174. The van der Waals surface area contributed by atoms with Crippen molar-refractivity contribution in [1.82, 2.24) is 24.8 Å². The predicted octanol–water partition coefficient (Wildman–Crippen LogP) is 4.27. The van der Waals surface area contributed by atoms with Crippen LogP contribution in [0, 0.1) is 0 Å². The molecule has 4 aromatic rings. The van der Waals surface area contributed by atoms with Gasteiger partial charge in [0, 0.05) is 18.2 Å². The van der Waals surface area contributed by atoms with E-state index in [-0.39, 0.29) is 18.2 Å². The van der Waals surface area contributed by atoms with Gasteiger partial charge in [0.15, 0.2) is 5.69 Å². The first kappa shape index (κ1) is 23.7. The molecule has 2 aromatic carbocycles. The third kappa shape index (κ3) is 5.05. The van der Waals surface area contributed by atoms with Crippen molar-refractivity contribution in [1.29, 1.82) is 0 Å². The molecule has 0 saturated heterocycles. The number of hydrogen-bond donors (Lipinski definition) is 1. The van der Waals surface area contributed by atoms with Crippen molar-refractivity contribution in [2.75, 3.05) is 11.9 Å². The van der Waals surface area contributed by atoms with E-state index in [2.05, 4.69) is 20.7 Å². The van der Waals surface area contributed by atoms with Crippen molar-refractivity contribution < 1.29 is 27.5 Å². The molecule has 35 heavy (non-hydrogen) atoms. The zero-order chi connectivity index (χ0) is 25.2. The van der Waals surface area contributed by atoms with Crippen molar-refractivity contribution in [2.24, 2.45) is 0 Å². The number of carbonyl (C=O) groups excluding carboxylic acids is 2. The van der Waals surface area contributed by atoms with Gasteiger partial charge in [0.1, 0.15) is 11.3 Å². The largest absolute Gasteiger partial charge is 0.462 e. The number of alkyl halides is 3. The number of anilines is 1. The van der Waals surface area contributed by atoms with E-state index >= 15 is 0 Å². The Morgan fingerprint density at radius 1 is 1.09 bits per heavy atom. The average molecular weight is 484 g/mol. The van der Waals surface area contributed by atoms with E-state index in [1.54, 1.807) is 42.6 Å². The van der Waals surface area contributed by atoms with Gasteiger partial charge in [0.25, 0.3) is 0 Å². The van der Waals surface area contributed by atoms with Gasteiger partial charge in [0.2, 0.25) is 5.91 Å². The smallest absolute Gasteiger partial charge is 0.434 e. The van der Waals surface area contributed by atoms with Crippen LogP contribution < -0.4 is 5.32 Å².